The molecule has 3 rings (SSSR count). The van der Waals surface area contributed by atoms with Crippen molar-refractivity contribution in [2.24, 2.45) is 5.73 Å². The Labute approximate surface area is 115 Å². The predicted molar refractivity (Wildman–Crippen MR) is 76.2 cm³/mol. The van der Waals surface area contributed by atoms with E-state index in [1.807, 2.05) is 28.8 Å². The van der Waals surface area contributed by atoms with Crippen LogP contribution in [0.3, 0.4) is 0 Å². The van der Waals surface area contributed by atoms with Gasteiger partial charge in [0.05, 0.1) is 0 Å². The van der Waals surface area contributed by atoms with Gasteiger partial charge in [0.25, 0.3) is 0 Å². The molecule has 0 unspecified atom stereocenters. The lowest BCUT2D eigenvalue weighted by Crippen LogP contribution is -1.96. The summed E-state index contributed by atoms with van der Waals surface area (Å²) in [6, 6.07) is 12.1. The topological polar surface area (TPSA) is 56.2 Å². The van der Waals surface area contributed by atoms with E-state index in [1.54, 1.807) is 11.8 Å². The van der Waals surface area contributed by atoms with Gasteiger partial charge in [-0.2, -0.15) is 0 Å². The largest absolute Gasteiger partial charge is 0.326 e. The van der Waals surface area contributed by atoms with Crippen LogP contribution in [0.15, 0.2) is 52.6 Å². The first kappa shape index (κ1) is 12.2. The first-order valence-electron chi connectivity index (χ1n) is 6.05. The Kier molecular flexibility index (Phi) is 3.23. The van der Waals surface area contributed by atoms with Gasteiger partial charge in [-0.3, -0.25) is 4.40 Å². The molecule has 0 amide bonds. The lowest BCUT2D eigenvalue weighted by Gasteiger charge is -2.06. The van der Waals surface area contributed by atoms with Gasteiger partial charge in [0, 0.05) is 17.6 Å². The highest BCUT2D eigenvalue weighted by atomic mass is 32.2. The Balaban J connectivity index is 1.97. The van der Waals surface area contributed by atoms with Crippen LogP contribution in [0.2, 0.25) is 0 Å². The highest BCUT2D eigenvalue weighted by molar-refractivity contribution is 7.99. The molecular formula is C14H14N4S. The van der Waals surface area contributed by atoms with Gasteiger partial charge < -0.3 is 5.73 Å². The molecule has 4 nitrogen and oxygen atoms in total. The highest BCUT2D eigenvalue weighted by Gasteiger charge is 2.08. The minimum atomic E-state index is 0.569. The molecule has 0 atom stereocenters. The molecule has 0 aliphatic rings. The zero-order valence-electron chi connectivity index (χ0n) is 10.6. The third kappa shape index (κ3) is 2.34. The standard InChI is InChI=1S/C14H14N4S/c1-10-8-11(9-15)5-6-12(10)19-14-17-16-13-4-2-3-7-18(13)14/h2-8H,9,15H2,1H3. The van der Waals surface area contributed by atoms with E-state index in [4.69, 9.17) is 5.73 Å². The fourth-order valence-electron chi connectivity index (χ4n) is 1.94. The molecule has 3 aromatic rings. The summed E-state index contributed by atoms with van der Waals surface area (Å²) < 4.78 is 1.99. The van der Waals surface area contributed by atoms with Crippen LogP contribution in [0, 0.1) is 6.92 Å². The van der Waals surface area contributed by atoms with E-state index < -0.39 is 0 Å². The summed E-state index contributed by atoms with van der Waals surface area (Å²) in [5.74, 6) is 0. The number of nitrogens with zero attached hydrogens (tertiary/aromatic N) is 3. The van der Waals surface area contributed by atoms with Gasteiger partial charge in [-0.25, -0.2) is 0 Å². The maximum atomic E-state index is 5.65. The first-order chi connectivity index (χ1) is 9.28. The fourth-order valence-corrected chi connectivity index (χ4v) is 2.83. The summed E-state index contributed by atoms with van der Waals surface area (Å²) in [4.78, 5) is 1.18. The zero-order valence-corrected chi connectivity index (χ0v) is 11.4. The van der Waals surface area contributed by atoms with Crippen molar-refractivity contribution in [3.63, 3.8) is 0 Å². The Morgan fingerprint density at radius 3 is 2.89 bits per heavy atom. The number of rotatable bonds is 3. The number of aryl methyl sites for hydroxylation is 1. The van der Waals surface area contributed by atoms with E-state index in [0.29, 0.717) is 6.54 Å². The van der Waals surface area contributed by atoms with Gasteiger partial charge >= 0.3 is 0 Å². The SMILES string of the molecule is Cc1cc(CN)ccc1Sc1nnc2ccccn12. The molecular weight excluding hydrogens is 256 g/mol. The van der Waals surface area contributed by atoms with E-state index in [9.17, 15) is 0 Å². The van der Waals surface area contributed by atoms with Crippen LogP contribution >= 0.6 is 11.8 Å². The average molecular weight is 270 g/mol. The summed E-state index contributed by atoms with van der Waals surface area (Å²) in [7, 11) is 0. The van der Waals surface area contributed by atoms with E-state index >= 15 is 0 Å². The Morgan fingerprint density at radius 2 is 2.11 bits per heavy atom. The number of aromatic nitrogens is 3. The molecule has 2 aromatic heterocycles. The molecule has 0 spiro atoms. The zero-order chi connectivity index (χ0) is 13.2. The molecule has 0 aliphatic heterocycles. The summed E-state index contributed by atoms with van der Waals surface area (Å²) in [6.45, 7) is 2.66. The smallest absolute Gasteiger partial charge is 0.200 e. The number of fused-ring (bicyclic) bond motifs is 1. The molecule has 19 heavy (non-hydrogen) atoms. The van der Waals surface area contributed by atoms with Gasteiger partial charge in [-0.05, 0) is 48.0 Å². The molecule has 2 heterocycles. The monoisotopic (exact) mass is 270 g/mol. The Bertz CT molecular complexity index is 720. The summed E-state index contributed by atoms with van der Waals surface area (Å²) >= 11 is 1.62. The first-order valence-corrected chi connectivity index (χ1v) is 6.87. The van der Waals surface area contributed by atoms with Crippen LogP contribution in [0.5, 0.6) is 0 Å². The van der Waals surface area contributed by atoms with Crippen molar-refractivity contribution in [2.45, 2.75) is 23.5 Å². The number of pyridine rings is 1. The molecule has 0 fully saturated rings. The fraction of sp³-hybridized carbons (Fsp3) is 0.143. The second-order valence-electron chi connectivity index (χ2n) is 4.32. The molecule has 96 valence electrons. The Morgan fingerprint density at radius 1 is 1.21 bits per heavy atom. The molecule has 5 heteroatoms. The van der Waals surface area contributed by atoms with E-state index in [0.717, 1.165) is 16.4 Å². The van der Waals surface area contributed by atoms with Crippen LogP contribution in [-0.2, 0) is 6.54 Å². The summed E-state index contributed by atoms with van der Waals surface area (Å²) in [5, 5.41) is 9.25. The van der Waals surface area contributed by atoms with Crippen molar-refractivity contribution in [3.05, 3.63) is 53.7 Å². The van der Waals surface area contributed by atoms with Gasteiger partial charge in [-0.15, -0.1) is 10.2 Å². The number of benzene rings is 1. The molecule has 2 N–H and O–H groups in total. The van der Waals surface area contributed by atoms with Gasteiger partial charge in [-0.1, -0.05) is 18.2 Å². The maximum absolute atomic E-state index is 5.65. The molecule has 0 saturated carbocycles. The van der Waals surface area contributed by atoms with Crippen molar-refractivity contribution >= 4 is 17.4 Å². The second kappa shape index (κ2) is 5.03. The average Bonchev–Trinajstić information content (AvgIpc) is 2.84. The van der Waals surface area contributed by atoms with Crippen LogP contribution in [-0.4, -0.2) is 14.6 Å². The van der Waals surface area contributed by atoms with Crippen molar-refractivity contribution < 1.29 is 0 Å². The normalized spacial score (nSPS) is 11.1. The third-order valence-electron chi connectivity index (χ3n) is 2.96. The molecule has 0 radical (unpaired) electrons. The second-order valence-corrected chi connectivity index (χ2v) is 5.33. The minimum Gasteiger partial charge on any atom is -0.326 e. The van der Waals surface area contributed by atoms with Crippen molar-refractivity contribution in [3.8, 4) is 0 Å². The molecule has 0 saturated heterocycles. The van der Waals surface area contributed by atoms with E-state index in [1.165, 1.54) is 10.5 Å². The lowest BCUT2D eigenvalue weighted by molar-refractivity contribution is 0.920. The third-order valence-corrected chi connectivity index (χ3v) is 4.10. The number of nitrogens with two attached hydrogens (primary N) is 1. The van der Waals surface area contributed by atoms with E-state index in [-0.39, 0.29) is 0 Å². The van der Waals surface area contributed by atoms with Crippen molar-refractivity contribution in [1.29, 1.82) is 0 Å². The van der Waals surface area contributed by atoms with Crippen LogP contribution in [0.4, 0.5) is 0 Å². The number of hydrogen-bond acceptors (Lipinski definition) is 4. The molecule has 0 aliphatic carbocycles. The van der Waals surface area contributed by atoms with Gasteiger partial charge in [0.2, 0.25) is 0 Å². The Hall–Kier alpha value is -1.85. The lowest BCUT2D eigenvalue weighted by atomic mass is 10.1. The maximum Gasteiger partial charge on any atom is 0.200 e. The quantitative estimate of drug-likeness (QED) is 0.795. The van der Waals surface area contributed by atoms with Gasteiger partial charge in [0.1, 0.15) is 0 Å². The summed E-state index contributed by atoms with van der Waals surface area (Å²) in [5.41, 5.74) is 8.86. The molecule has 0 bridgehead atoms. The predicted octanol–water partition coefficient (Wildman–Crippen LogP) is 2.65. The molecule has 1 aromatic carbocycles. The minimum absolute atomic E-state index is 0.569. The van der Waals surface area contributed by atoms with Crippen molar-refractivity contribution in [1.82, 2.24) is 14.6 Å². The summed E-state index contributed by atoms with van der Waals surface area (Å²) in [6.07, 6.45) is 1.97. The highest BCUT2D eigenvalue weighted by Crippen LogP contribution is 2.29. The van der Waals surface area contributed by atoms with Crippen LogP contribution in [0.1, 0.15) is 11.1 Å². The van der Waals surface area contributed by atoms with Crippen molar-refractivity contribution in [2.75, 3.05) is 0 Å². The van der Waals surface area contributed by atoms with Gasteiger partial charge in [0.15, 0.2) is 10.8 Å². The number of hydrogen-bond donors (Lipinski definition) is 1. The van der Waals surface area contributed by atoms with Crippen LogP contribution < -0.4 is 5.73 Å². The van der Waals surface area contributed by atoms with E-state index in [2.05, 4.69) is 35.3 Å². The van der Waals surface area contributed by atoms with Crippen LogP contribution in [0.25, 0.3) is 5.65 Å².